The van der Waals surface area contributed by atoms with Crippen LogP contribution in [0.15, 0.2) is 67.3 Å². The van der Waals surface area contributed by atoms with Crippen molar-refractivity contribution in [1.29, 1.82) is 0 Å². The number of hydrogen-bond acceptors (Lipinski definition) is 7. The number of carbonyl (C=O) groups excluding carboxylic acids is 1. The van der Waals surface area contributed by atoms with Crippen molar-refractivity contribution >= 4 is 23.5 Å². The third kappa shape index (κ3) is 5.06. The number of morpholine rings is 1. The van der Waals surface area contributed by atoms with Crippen LogP contribution in [0, 0.1) is 5.92 Å². The number of pyridine rings is 1. The second-order valence-electron chi connectivity index (χ2n) is 9.96. The van der Waals surface area contributed by atoms with E-state index in [0.29, 0.717) is 42.2 Å². The predicted octanol–water partition coefficient (Wildman–Crippen LogP) is 4.06. The number of hydrogen-bond donors (Lipinski definition) is 0. The molecule has 3 aliphatic rings. The summed E-state index contributed by atoms with van der Waals surface area (Å²) in [5, 5.41) is 5.19. The highest BCUT2D eigenvalue weighted by molar-refractivity contribution is 6.30. The lowest BCUT2D eigenvalue weighted by atomic mass is 9.77. The monoisotopic (exact) mass is 518 g/mol. The maximum atomic E-state index is 13.9. The molecule has 1 aliphatic carbocycles. The number of rotatable bonds is 6. The molecule has 2 aromatic heterocycles. The molecule has 3 atom stereocenters. The van der Waals surface area contributed by atoms with Gasteiger partial charge in [-0.25, -0.2) is 15.0 Å². The van der Waals surface area contributed by atoms with E-state index in [0.717, 1.165) is 37.9 Å². The molecule has 3 unspecified atom stereocenters. The van der Waals surface area contributed by atoms with E-state index < -0.39 is 0 Å². The first kappa shape index (κ1) is 24.3. The largest absolute Gasteiger partial charge is 0.379 e. The number of anilines is 1. The highest BCUT2D eigenvalue weighted by atomic mass is 35.5. The van der Waals surface area contributed by atoms with Crippen LogP contribution >= 0.6 is 11.6 Å². The summed E-state index contributed by atoms with van der Waals surface area (Å²) in [4.78, 5) is 29.8. The Kier molecular flexibility index (Phi) is 7.04. The number of aromatic nitrogens is 3. The quantitative estimate of drug-likeness (QED) is 0.487. The second kappa shape index (κ2) is 10.7. The van der Waals surface area contributed by atoms with E-state index in [2.05, 4.69) is 35.9 Å². The van der Waals surface area contributed by atoms with Crippen molar-refractivity contribution in [3.8, 4) is 0 Å². The molecule has 0 radical (unpaired) electrons. The van der Waals surface area contributed by atoms with E-state index in [1.807, 2.05) is 36.7 Å². The predicted molar refractivity (Wildman–Crippen MR) is 141 cm³/mol. The summed E-state index contributed by atoms with van der Waals surface area (Å²) in [6, 6.07) is 13.4. The Hall–Kier alpha value is -3.07. The summed E-state index contributed by atoms with van der Waals surface area (Å²) in [6.45, 7) is 3.53. The van der Waals surface area contributed by atoms with Gasteiger partial charge >= 0.3 is 0 Å². The smallest absolute Gasteiger partial charge is 0.254 e. The maximum absolute atomic E-state index is 13.9. The summed E-state index contributed by atoms with van der Waals surface area (Å²) in [5.41, 5.74) is 1.78. The molecule has 3 fully saturated rings. The first-order valence-electron chi connectivity index (χ1n) is 13.1. The molecular weight excluding hydrogens is 488 g/mol. The average molecular weight is 519 g/mol. The first-order valence-corrected chi connectivity index (χ1v) is 13.4. The van der Waals surface area contributed by atoms with Gasteiger partial charge in [-0.1, -0.05) is 23.7 Å². The first-order chi connectivity index (χ1) is 18.2. The molecular formula is C28H31ClN6O2. The third-order valence-corrected chi connectivity index (χ3v) is 7.91. The van der Waals surface area contributed by atoms with E-state index >= 15 is 0 Å². The van der Waals surface area contributed by atoms with Crippen LogP contribution in [-0.2, 0) is 4.74 Å². The Balaban J connectivity index is 1.43. The lowest BCUT2D eigenvalue weighted by molar-refractivity contribution is 0.0108. The molecule has 3 aromatic rings. The second-order valence-corrected chi connectivity index (χ2v) is 10.4. The third-order valence-electron chi connectivity index (χ3n) is 7.68. The maximum Gasteiger partial charge on any atom is 0.254 e. The molecule has 0 bridgehead atoms. The number of carbonyl (C=O) groups is 1. The van der Waals surface area contributed by atoms with Crippen molar-refractivity contribution in [2.24, 2.45) is 5.92 Å². The Morgan fingerprint density at radius 3 is 2.49 bits per heavy atom. The van der Waals surface area contributed by atoms with Crippen LogP contribution in [0.5, 0.6) is 0 Å². The number of benzene rings is 1. The van der Waals surface area contributed by atoms with Crippen LogP contribution < -0.4 is 5.01 Å². The molecule has 4 heterocycles. The fourth-order valence-corrected chi connectivity index (χ4v) is 6.15. The van der Waals surface area contributed by atoms with Crippen molar-refractivity contribution in [2.45, 2.75) is 37.3 Å². The zero-order valence-corrected chi connectivity index (χ0v) is 21.5. The molecule has 1 saturated carbocycles. The molecule has 0 spiro atoms. The average Bonchev–Trinajstić information content (AvgIpc) is 3.80. The fraction of sp³-hybridized carbons (Fsp3) is 0.429. The standard InChI is InChI=1S/C28H31ClN6O2/c29-23-6-1-4-21(18-23)27(36)34-13-9-24(25(26(34)20-7-8-20)22-5-2-10-30-19-22)35(28-31-11-3-12-32-28)33-14-16-37-17-15-33/h1-6,10-12,18-20,24-26H,7-9,13-17H2. The molecule has 1 aromatic carbocycles. The molecule has 192 valence electrons. The minimum absolute atomic E-state index is 0.0422. The molecule has 2 saturated heterocycles. The van der Waals surface area contributed by atoms with E-state index in [9.17, 15) is 4.79 Å². The lowest BCUT2D eigenvalue weighted by Crippen LogP contribution is -2.63. The van der Waals surface area contributed by atoms with Crippen LogP contribution in [0.25, 0.3) is 0 Å². The summed E-state index contributed by atoms with van der Waals surface area (Å²) < 4.78 is 5.68. The van der Waals surface area contributed by atoms with Gasteiger partial charge in [-0.3, -0.25) is 14.8 Å². The van der Waals surface area contributed by atoms with Gasteiger partial charge in [0.15, 0.2) is 0 Å². The van der Waals surface area contributed by atoms with E-state index in [4.69, 9.17) is 16.3 Å². The van der Waals surface area contributed by atoms with Crippen LogP contribution in [0.3, 0.4) is 0 Å². The van der Waals surface area contributed by atoms with Crippen molar-refractivity contribution in [1.82, 2.24) is 24.9 Å². The van der Waals surface area contributed by atoms with Crippen LogP contribution in [0.1, 0.15) is 41.1 Å². The van der Waals surface area contributed by atoms with E-state index in [1.165, 1.54) is 0 Å². The molecule has 0 N–H and O–H groups in total. The van der Waals surface area contributed by atoms with Crippen molar-refractivity contribution in [3.63, 3.8) is 0 Å². The normalized spacial score (nSPS) is 24.6. The zero-order valence-electron chi connectivity index (χ0n) is 20.7. The van der Waals surface area contributed by atoms with Gasteiger partial charge in [0.25, 0.3) is 5.91 Å². The number of amides is 1. The lowest BCUT2D eigenvalue weighted by Gasteiger charge is -2.52. The van der Waals surface area contributed by atoms with E-state index in [1.54, 1.807) is 24.5 Å². The Morgan fingerprint density at radius 2 is 1.78 bits per heavy atom. The van der Waals surface area contributed by atoms with Gasteiger partial charge < -0.3 is 9.64 Å². The van der Waals surface area contributed by atoms with Crippen LogP contribution in [0.4, 0.5) is 5.95 Å². The fourth-order valence-electron chi connectivity index (χ4n) is 5.96. The van der Waals surface area contributed by atoms with Crippen molar-refractivity contribution in [3.05, 3.63) is 83.4 Å². The SMILES string of the molecule is O=C(c1cccc(Cl)c1)N1CCC(N(c2ncccn2)N2CCOCC2)C(c2cccnc2)C1C1CC1. The zero-order chi connectivity index (χ0) is 25.2. The van der Waals surface area contributed by atoms with Crippen LogP contribution in [-0.4, -0.2) is 75.7 Å². The van der Waals surface area contributed by atoms with Gasteiger partial charge in [-0.2, -0.15) is 0 Å². The van der Waals surface area contributed by atoms with E-state index in [-0.39, 0.29) is 23.9 Å². The minimum Gasteiger partial charge on any atom is -0.379 e. The number of likely N-dealkylation sites (tertiary alicyclic amines) is 1. The Morgan fingerprint density at radius 1 is 0.973 bits per heavy atom. The molecule has 9 heteroatoms. The molecule has 8 nitrogen and oxygen atoms in total. The highest BCUT2D eigenvalue weighted by Crippen LogP contribution is 2.48. The summed E-state index contributed by atoms with van der Waals surface area (Å²) >= 11 is 6.27. The van der Waals surface area contributed by atoms with Crippen molar-refractivity contribution < 1.29 is 9.53 Å². The highest BCUT2D eigenvalue weighted by Gasteiger charge is 2.51. The van der Waals surface area contributed by atoms with Gasteiger partial charge in [0.2, 0.25) is 5.95 Å². The number of piperidine rings is 1. The molecule has 2 aliphatic heterocycles. The van der Waals surface area contributed by atoms with Crippen molar-refractivity contribution in [2.75, 3.05) is 37.9 Å². The van der Waals surface area contributed by atoms with Gasteiger partial charge in [0.1, 0.15) is 0 Å². The number of nitrogens with zero attached hydrogens (tertiary/aromatic N) is 6. The van der Waals surface area contributed by atoms with Crippen LogP contribution in [0.2, 0.25) is 5.02 Å². The topological polar surface area (TPSA) is 74.7 Å². The Labute approximate surface area is 222 Å². The Bertz CT molecular complexity index is 1210. The number of ether oxygens (including phenoxy) is 1. The van der Waals surface area contributed by atoms with Gasteiger partial charge in [-0.15, -0.1) is 0 Å². The number of halogens is 1. The summed E-state index contributed by atoms with van der Waals surface area (Å²) in [5.74, 6) is 1.22. The molecule has 1 amide bonds. The molecule has 37 heavy (non-hydrogen) atoms. The van der Waals surface area contributed by atoms with Gasteiger partial charge in [-0.05, 0) is 61.1 Å². The van der Waals surface area contributed by atoms with Gasteiger partial charge in [0.05, 0.1) is 19.3 Å². The molecule has 6 rings (SSSR count). The number of hydrazine groups is 1. The van der Waals surface area contributed by atoms with Gasteiger partial charge in [0, 0.05) is 67.0 Å². The summed E-state index contributed by atoms with van der Waals surface area (Å²) in [7, 11) is 0. The minimum atomic E-state index is 0.0422. The summed E-state index contributed by atoms with van der Waals surface area (Å²) in [6.07, 6.45) is 10.4.